The molecule has 0 spiro atoms. The van der Waals surface area contributed by atoms with Crippen LogP contribution in [0.3, 0.4) is 0 Å². The smallest absolute Gasteiger partial charge is 0.138 e. The molecule has 2 rings (SSSR count). The molecule has 2 aromatic heterocycles. The van der Waals surface area contributed by atoms with E-state index in [0.29, 0.717) is 11.1 Å². The third-order valence-corrected chi connectivity index (χ3v) is 4.51. The minimum atomic E-state index is 0.294. The number of anilines is 1. The highest BCUT2D eigenvalue weighted by atomic mass is 35.5. The van der Waals surface area contributed by atoms with Crippen LogP contribution in [0.25, 0.3) is 0 Å². The quantitative estimate of drug-likeness (QED) is 0.841. The molecule has 0 aliphatic carbocycles. The Morgan fingerprint density at radius 1 is 1.32 bits per heavy atom. The second-order valence-corrected chi connectivity index (χ2v) is 6.59. The van der Waals surface area contributed by atoms with Gasteiger partial charge in [0.1, 0.15) is 17.3 Å². The van der Waals surface area contributed by atoms with E-state index in [-0.39, 0.29) is 0 Å². The zero-order chi connectivity index (χ0) is 14.0. The van der Waals surface area contributed by atoms with E-state index in [9.17, 15) is 0 Å². The van der Waals surface area contributed by atoms with Crippen molar-refractivity contribution < 1.29 is 0 Å². The van der Waals surface area contributed by atoms with Gasteiger partial charge in [0, 0.05) is 15.3 Å². The molecule has 0 amide bonds. The van der Waals surface area contributed by atoms with Crippen LogP contribution in [0.4, 0.5) is 5.82 Å². The maximum Gasteiger partial charge on any atom is 0.138 e. The topological polar surface area (TPSA) is 37.8 Å². The molecule has 0 radical (unpaired) electrons. The zero-order valence-corrected chi connectivity index (χ0v) is 13.2. The van der Waals surface area contributed by atoms with Crippen LogP contribution in [0, 0.1) is 13.8 Å². The average molecular weight is 296 g/mol. The monoisotopic (exact) mass is 295 g/mol. The lowest BCUT2D eigenvalue weighted by Gasteiger charge is -2.13. The highest BCUT2D eigenvalue weighted by molar-refractivity contribution is 7.12. The molecule has 3 nitrogen and oxygen atoms in total. The molecule has 0 saturated carbocycles. The molecule has 0 atom stereocenters. The molecule has 0 saturated heterocycles. The minimum Gasteiger partial charge on any atom is -0.365 e. The first-order chi connectivity index (χ1) is 8.99. The Kier molecular flexibility index (Phi) is 4.42. The van der Waals surface area contributed by atoms with Crippen LogP contribution in [-0.2, 0) is 6.54 Å². The lowest BCUT2D eigenvalue weighted by atomic mass is 10.1. The first-order valence-corrected chi connectivity index (χ1v) is 7.48. The lowest BCUT2D eigenvalue weighted by Crippen LogP contribution is -2.06. The van der Waals surface area contributed by atoms with Crippen LogP contribution >= 0.6 is 22.9 Å². The molecule has 0 aliphatic rings. The predicted molar refractivity (Wildman–Crippen MR) is 82.3 cm³/mol. The Balaban J connectivity index is 2.17. The summed E-state index contributed by atoms with van der Waals surface area (Å²) >= 11 is 7.96. The minimum absolute atomic E-state index is 0.294. The Morgan fingerprint density at radius 2 is 2.05 bits per heavy atom. The Hall–Kier alpha value is -1.13. The van der Waals surface area contributed by atoms with E-state index in [1.165, 1.54) is 21.6 Å². The Bertz CT molecular complexity index is 559. The maximum atomic E-state index is 6.15. The molecule has 102 valence electrons. The van der Waals surface area contributed by atoms with E-state index in [2.05, 4.69) is 49.0 Å². The van der Waals surface area contributed by atoms with Gasteiger partial charge in [0.25, 0.3) is 0 Å². The van der Waals surface area contributed by atoms with Crippen LogP contribution < -0.4 is 5.32 Å². The Morgan fingerprint density at radius 3 is 2.63 bits per heavy atom. The van der Waals surface area contributed by atoms with Crippen molar-refractivity contribution in [1.29, 1.82) is 0 Å². The molecular formula is C14H18ClN3S. The highest BCUT2D eigenvalue weighted by Crippen LogP contribution is 2.29. The fourth-order valence-electron chi connectivity index (χ4n) is 1.93. The summed E-state index contributed by atoms with van der Waals surface area (Å²) in [6, 6.07) is 2.21. The standard InChI is InChI=1S/C14H18ClN3S/c1-8(2)12-13(15)17-7-18-14(12)16-6-11-5-9(3)10(4)19-11/h5,7-8H,6H2,1-4H3,(H,16,17,18). The lowest BCUT2D eigenvalue weighted by molar-refractivity contribution is 0.845. The third-order valence-electron chi connectivity index (χ3n) is 3.06. The molecule has 0 bridgehead atoms. The summed E-state index contributed by atoms with van der Waals surface area (Å²) < 4.78 is 0. The van der Waals surface area contributed by atoms with Gasteiger partial charge in [-0.05, 0) is 31.4 Å². The summed E-state index contributed by atoms with van der Waals surface area (Å²) in [5.74, 6) is 1.13. The number of hydrogen-bond donors (Lipinski definition) is 1. The van der Waals surface area contributed by atoms with E-state index in [1.807, 2.05) is 11.3 Å². The van der Waals surface area contributed by atoms with Crippen molar-refractivity contribution >= 4 is 28.8 Å². The van der Waals surface area contributed by atoms with Gasteiger partial charge in [-0.15, -0.1) is 11.3 Å². The fraction of sp³-hybridized carbons (Fsp3) is 0.429. The molecule has 0 unspecified atom stereocenters. The van der Waals surface area contributed by atoms with Crippen molar-refractivity contribution in [2.45, 2.75) is 40.2 Å². The second kappa shape index (κ2) is 5.88. The summed E-state index contributed by atoms with van der Waals surface area (Å²) in [5.41, 5.74) is 2.32. The molecule has 19 heavy (non-hydrogen) atoms. The van der Waals surface area contributed by atoms with Crippen LogP contribution in [-0.4, -0.2) is 9.97 Å². The van der Waals surface area contributed by atoms with Crippen molar-refractivity contribution in [3.63, 3.8) is 0 Å². The Labute approximate surface area is 123 Å². The number of halogens is 1. The zero-order valence-electron chi connectivity index (χ0n) is 11.6. The van der Waals surface area contributed by atoms with Gasteiger partial charge in [-0.25, -0.2) is 9.97 Å². The number of rotatable bonds is 4. The molecule has 1 N–H and O–H groups in total. The van der Waals surface area contributed by atoms with E-state index in [4.69, 9.17) is 11.6 Å². The summed E-state index contributed by atoms with van der Waals surface area (Å²) in [4.78, 5) is 11.0. The number of aromatic nitrogens is 2. The molecule has 0 fully saturated rings. The summed E-state index contributed by atoms with van der Waals surface area (Å²) in [5, 5.41) is 3.90. The van der Waals surface area contributed by atoms with Crippen molar-refractivity contribution in [2.75, 3.05) is 5.32 Å². The van der Waals surface area contributed by atoms with Gasteiger partial charge in [0.05, 0.1) is 6.54 Å². The summed E-state index contributed by atoms with van der Waals surface area (Å²) in [6.07, 6.45) is 1.50. The van der Waals surface area contributed by atoms with E-state index < -0.39 is 0 Å². The fourth-order valence-corrected chi connectivity index (χ4v) is 3.28. The van der Waals surface area contributed by atoms with Gasteiger partial charge in [-0.2, -0.15) is 0 Å². The summed E-state index contributed by atoms with van der Waals surface area (Å²) in [7, 11) is 0. The number of hydrogen-bond acceptors (Lipinski definition) is 4. The van der Waals surface area contributed by atoms with Gasteiger partial charge in [0.15, 0.2) is 0 Å². The number of nitrogens with one attached hydrogen (secondary N) is 1. The van der Waals surface area contributed by atoms with E-state index in [0.717, 1.165) is 17.9 Å². The molecular weight excluding hydrogens is 278 g/mol. The van der Waals surface area contributed by atoms with E-state index >= 15 is 0 Å². The molecule has 2 aromatic rings. The second-order valence-electron chi connectivity index (χ2n) is 4.89. The molecule has 0 aliphatic heterocycles. The van der Waals surface area contributed by atoms with Crippen LogP contribution in [0.2, 0.25) is 5.15 Å². The third kappa shape index (κ3) is 3.25. The van der Waals surface area contributed by atoms with Crippen molar-refractivity contribution in [2.24, 2.45) is 0 Å². The molecule has 2 heterocycles. The number of aryl methyl sites for hydroxylation is 2. The largest absolute Gasteiger partial charge is 0.365 e. The number of nitrogens with zero attached hydrogens (tertiary/aromatic N) is 2. The van der Waals surface area contributed by atoms with Gasteiger partial charge in [0.2, 0.25) is 0 Å². The maximum absolute atomic E-state index is 6.15. The predicted octanol–water partition coefficient (Wildman–Crippen LogP) is 4.54. The van der Waals surface area contributed by atoms with Crippen molar-refractivity contribution in [1.82, 2.24) is 9.97 Å². The van der Waals surface area contributed by atoms with Gasteiger partial charge < -0.3 is 5.32 Å². The SMILES string of the molecule is Cc1cc(CNc2ncnc(Cl)c2C(C)C)sc1C. The highest BCUT2D eigenvalue weighted by Gasteiger charge is 2.13. The first kappa shape index (κ1) is 14.3. The van der Waals surface area contributed by atoms with Crippen LogP contribution in [0.15, 0.2) is 12.4 Å². The van der Waals surface area contributed by atoms with Gasteiger partial charge >= 0.3 is 0 Å². The first-order valence-electron chi connectivity index (χ1n) is 6.29. The number of thiophene rings is 1. The van der Waals surface area contributed by atoms with Gasteiger partial charge in [-0.1, -0.05) is 25.4 Å². The van der Waals surface area contributed by atoms with Crippen LogP contribution in [0.5, 0.6) is 0 Å². The summed E-state index contributed by atoms with van der Waals surface area (Å²) in [6.45, 7) is 9.23. The van der Waals surface area contributed by atoms with E-state index in [1.54, 1.807) is 0 Å². The molecule has 0 aromatic carbocycles. The van der Waals surface area contributed by atoms with Gasteiger partial charge in [-0.3, -0.25) is 0 Å². The van der Waals surface area contributed by atoms with Crippen molar-refractivity contribution in [3.8, 4) is 0 Å². The molecule has 5 heteroatoms. The van der Waals surface area contributed by atoms with Crippen LogP contribution in [0.1, 0.15) is 40.6 Å². The normalized spacial score (nSPS) is 11.1. The average Bonchev–Trinajstić information content (AvgIpc) is 2.65. The van der Waals surface area contributed by atoms with Crippen molar-refractivity contribution in [3.05, 3.63) is 38.4 Å².